The molecule has 0 radical (unpaired) electrons. The van der Waals surface area contributed by atoms with Crippen molar-refractivity contribution in [2.24, 2.45) is 0 Å². The van der Waals surface area contributed by atoms with E-state index in [1.807, 2.05) is 59.8 Å². The van der Waals surface area contributed by atoms with Crippen LogP contribution in [0.1, 0.15) is 18.5 Å². The van der Waals surface area contributed by atoms with E-state index in [1.165, 1.54) is 6.07 Å². The minimum atomic E-state index is -0.257. The van der Waals surface area contributed by atoms with Gasteiger partial charge in [0.1, 0.15) is 5.82 Å². The number of hydrogen-bond acceptors (Lipinski definition) is 2. The predicted octanol–water partition coefficient (Wildman–Crippen LogP) is 4.19. The molecule has 0 aliphatic rings. The Morgan fingerprint density at radius 3 is 2.56 bits per heavy atom. The van der Waals surface area contributed by atoms with Crippen molar-refractivity contribution < 1.29 is 4.39 Å². The monoisotopic (exact) mass is 356 g/mol. The highest BCUT2D eigenvalue weighted by atomic mass is 127. The Hall–Kier alpha value is -1.30. The molecule has 2 rings (SSSR count). The number of anilines is 2. The van der Waals surface area contributed by atoms with Crippen molar-refractivity contribution >= 4 is 34.0 Å². The SMILES string of the molecule is CC(Nc1cc(F)c(I)cc1N)c1ccccc1. The summed E-state index contributed by atoms with van der Waals surface area (Å²) in [5, 5.41) is 3.23. The van der Waals surface area contributed by atoms with Gasteiger partial charge in [-0.05, 0) is 41.1 Å². The van der Waals surface area contributed by atoms with Crippen LogP contribution >= 0.6 is 22.6 Å². The quantitative estimate of drug-likeness (QED) is 0.640. The number of hydrogen-bond donors (Lipinski definition) is 2. The minimum absolute atomic E-state index is 0.0768. The molecule has 0 amide bonds. The van der Waals surface area contributed by atoms with E-state index in [-0.39, 0.29) is 11.9 Å². The fourth-order valence-corrected chi connectivity index (χ4v) is 2.24. The minimum Gasteiger partial charge on any atom is -0.397 e. The summed E-state index contributed by atoms with van der Waals surface area (Å²) in [5.74, 6) is -0.257. The Kier molecular flexibility index (Phi) is 4.06. The zero-order chi connectivity index (χ0) is 13.1. The Morgan fingerprint density at radius 1 is 1.22 bits per heavy atom. The number of halogens is 2. The molecule has 0 spiro atoms. The van der Waals surface area contributed by atoms with E-state index in [4.69, 9.17) is 5.73 Å². The average Bonchev–Trinajstić information content (AvgIpc) is 2.37. The highest BCUT2D eigenvalue weighted by Gasteiger charge is 2.09. The smallest absolute Gasteiger partial charge is 0.138 e. The molecular weight excluding hydrogens is 342 g/mol. The van der Waals surface area contributed by atoms with Gasteiger partial charge < -0.3 is 11.1 Å². The van der Waals surface area contributed by atoms with Crippen molar-refractivity contribution in [3.63, 3.8) is 0 Å². The molecule has 18 heavy (non-hydrogen) atoms. The summed E-state index contributed by atoms with van der Waals surface area (Å²) in [6.45, 7) is 2.02. The molecule has 0 aliphatic heterocycles. The lowest BCUT2D eigenvalue weighted by Gasteiger charge is -2.17. The molecule has 4 heteroatoms. The second kappa shape index (κ2) is 5.56. The predicted molar refractivity (Wildman–Crippen MR) is 82.0 cm³/mol. The van der Waals surface area contributed by atoms with Gasteiger partial charge in [0, 0.05) is 12.1 Å². The maximum atomic E-state index is 13.5. The Balaban J connectivity index is 2.22. The number of nitrogen functional groups attached to an aromatic ring is 1. The van der Waals surface area contributed by atoms with Crippen LogP contribution < -0.4 is 11.1 Å². The van der Waals surface area contributed by atoms with Crippen LogP contribution in [0.5, 0.6) is 0 Å². The van der Waals surface area contributed by atoms with E-state index in [9.17, 15) is 4.39 Å². The lowest BCUT2D eigenvalue weighted by atomic mass is 10.1. The average molecular weight is 356 g/mol. The molecule has 1 atom stereocenters. The summed E-state index contributed by atoms with van der Waals surface area (Å²) >= 11 is 1.93. The van der Waals surface area contributed by atoms with Gasteiger partial charge in [0.15, 0.2) is 0 Å². The first-order chi connectivity index (χ1) is 8.58. The summed E-state index contributed by atoms with van der Waals surface area (Å²) in [4.78, 5) is 0. The Bertz CT molecular complexity index is 543. The normalized spacial score (nSPS) is 12.2. The van der Waals surface area contributed by atoms with Crippen LogP contribution in [0.25, 0.3) is 0 Å². The van der Waals surface area contributed by atoms with E-state index in [1.54, 1.807) is 6.07 Å². The van der Waals surface area contributed by atoms with Crippen molar-refractivity contribution in [3.05, 3.63) is 57.4 Å². The first-order valence-corrected chi connectivity index (χ1v) is 6.72. The van der Waals surface area contributed by atoms with Crippen LogP contribution in [-0.2, 0) is 0 Å². The van der Waals surface area contributed by atoms with Gasteiger partial charge in [-0.3, -0.25) is 0 Å². The molecule has 0 heterocycles. The lowest BCUT2D eigenvalue weighted by molar-refractivity contribution is 0.620. The number of nitrogens with one attached hydrogen (secondary N) is 1. The molecule has 0 aromatic heterocycles. The molecule has 2 nitrogen and oxygen atoms in total. The van der Waals surface area contributed by atoms with Gasteiger partial charge in [-0.25, -0.2) is 4.39 Å². The molecule has 0 aliphatic carbocycles. The lowest BCUT2D eigenvalue weighted by Crippen LogP contribution is -2.09. The molecule has 2 aromatic rings. The Morgan fingerprint density at radius 2 is 1.89 bits per heavy atom. The van der Waals surface area contributed by atoms with Crippen molar-refractivity contribution in [3.8, 4) is 0 Å². The summed E-state index contributed by atoms with van der Waals surface area (Å²) in [6.07, 6.45) is 0. The maximum Gasteiger partial charge on any atom is 0.138 e. The van der Waals surface area contributed by atoms with Crippen LogP contribution in [-0.4, -0.2) is 0 Å². The van der Waals surface area contributed by atoms with E-state index in [0.717, 1.165) is 5.56 Å². The van der Waals surface area contributed by atoms with Crippen molar-refractivity contribution in [1.29, 1.82) is 0 Å². The number of benzene rings is 2. The van der Waals surface area contributed by atoms with Gasteiger partial charge in [-0.15, -0.1) is 0 Å². The molecule has 0 saturated heterocycles. The molecule has 0 saturated carbocycles. The van der Waals surface area contributed by atoms with Crippen LogP contribution in [0.4, 0.5) is 15.8 Å². The zero-order valence-corrected chi connectivity index (χ0v) is 12.1. The molecule has 94 valence electrons. The molecule has 0 bridgehead atoms. The number of rotatable bonds is 3. The van der Waals surface area contributed by atoms with E-state index in [2.05, 4.69) is 5.32 Å². The first kappa shape index (κ1) is 13.1. The third-order valence-corrected chi connectivity index (χ3v) is 3.59. The second-order valence-electron chi connectivity index (χ2n) is 4.13. The number of nitrogens with two attached hydrogens (primary N) is 1. The largest absolute Gasteiger partial charge is 0.397 e. The summed E-state index contributed by atoms with van der Waals surface area (Å²) in [5.41, 5.74) is 8.21. The van der Waals surface area contributed by atoms with Crippen LogP contribution in [0.3, 0.4) is 0 Å². The van der Waals surface area contributed by atoms with E-state index >= 15 is 0 Å². The van der Waals surface area contributed by atoms with E-state index < -0.39 is 0 Å². The third kappa shape index (κ3) is 2.93. The second-order valence-corrected chi connectivity index (χ2v) is 5.29. The van der Waals surface area contributed by atoms with Gasteiger partial charge in [0.25, 0.3) is 0 Å². The van der Waals surface area contributed by atoms with Crippen LogP contribution in [0.2, 0.25) is 0 Å². The van der Waals surface area contributed by atoms with Gasteiger partial charge in [0.2, 0.25) is 0 Å². The first-order valence-electron chi connectivity index (χ1n) is 5.64. The summed E-state index contributed by atoms with van der Waals surface area (Å²) in [6, 6.07) is 13.1. The van der Waals surface area contributed by atoms with Gasteiger partial charge in [-0.2, -0.15) is 0 Å². The van der Waals surface area contributed by atoms with E-state index in [0.29, 0.717) is 14.9 Å². The standard InChI is InChI=1S/C14H14FIN2/c1-9(10-5-3-2-4-6-10)18-14-7-11(15)12(16)8-13(14)17/h2-9,18H,17H2,1H3. The van der Waals surface area contributed by atoms with Gasteiger partial charge >= 0.3 is 0 Å². The van der Waals surface area contributed by atoms with Crippen molar-refractivity contribution in [2.75, 3.05) is 11.1 Å². The fraction of sp³-hybridized carbons (Fsp3) is 0.143. The summed E-state index contributed by atoms with van der Waals surface area (Å²) < 4.78 is 14.0. The third-order valence-electron chi connectivity index (χ3n) is 2.76. The molecule has 0 fully saturated rings. The fourth-order valence-electron chi connectivity index (χ4n) is 1.75. The van der Waals surface area contributed by atoms with Gasteiger partial charge in [0.05, 0.1) is 14.9 Å². The highest BCUT2D eigenvalue weighted by molar-refractivity contribution is 14.1. The zero-order valence-electron chi connectivity index (χ0n) is 9.95. The van der Waals surface area contributed by atoms with Crippen molar-refractivity contribution in [2.45, 2.75) is 13.0 Å². The van der Waals surface area contributed by atoms with Crippen LogP contribution in [0, 0.1) is 9.39 Å². The maximum absolute atomic E-state index is 13.5. The summed E-state index contributed by atoms with van der Waals surface area (Å²) in [7, 11) is 0. The van der Waals surface area contributed by atoms with Gasteiger partial charge in [-0.1, -0.05) is 30.3 Å². The molecule has 1 unspecified atom stereocenters. The molecule has 2 aromatic carbocycles. The molecular formula is C14H14FIN2. The topological polar surface area (TPSA) is 38.0 Å². The van der Waals surface area contributed by atoms with Crippen LogP contribution in [0.15, 0.2) is 42.5 Å². The van der Waals surface area contributed by atoms with Crippen molar-refractivity contribution in [1.82, 2.24) is 0 Å². The Labute approximate surface area is 120 Å². The molecule has 3 N–H and O–H groups in total. The highest BCUT2D eigenvalue weighted by Crippen LogP contribution is 2.27.